The third-order valence-corrected chi connectivity index (χ3v) is 2.46. The minimum absolute atomic E-state index is 0.194. The van der Waals surface area contributed by atoms with Crippen LogP contribution in [0.5, 0.6) is 0 Å². The Bertz CT molecular complexity index is 432. The van der Waals surface area contributed by atoms with Gasteiger partial charge in [-0.3, -0.25) is 4.79 Å². The van der Waals surface area contributed by atoms with Gasteiger partial charge in [0.05, 0.1) is 18.4 Å². The summed E-state index contributed by atoms with van der Waals surface area (Å²) in [5.41, 5.74) is 0.580. The zero-order chi connectivity index (χ0) is 14.6. The second-order valence-electron chi connectivity index (χ2n) is 5.69. The van der Waals surface area contributed by atoms with E-state index >= 15 is 0 Å². The molecule has 6 heteroatoms. The number of ether oxygens (including phenoxy) is 1. The second kappa shape index (κ2) is 6.06. The van der Waals surface area contributed by atoms with Gasteiger partial charge in [-0.05, 0) is 20.8 Å². The molecular weight excluding hydrogens is 244 g/mol. The molecule has 1 rings (SSSR count). The molecule has 0 saturated heterocycles. The largest absolute Gasteiger partial charge is 0.459 e. The molecule has 0 spiro atoms. The summed E-state index contributed by atoms with van der Waals surface area (Å²) in [7, 11) is 5.84. The molecule has 0 amide bonds. The second-order valence-corrected chi connectivity index (χ2v) is 5.69. The highest BCUT2D eigenvalue weighted by molar-refractivity contribution is 5.72. The summed E-state index contributed by atoms with van der Waals surface area (Å²) in [6.07, 6.45) is 1.80. The van der Waals surface area contributed by atoms with Crippen LogP contribution in [0.25, 0.3) is 0 Å². The summed E-state index contributed by atoms with van der Waals surface area (Å²) >= 11 is 0. The SMILES string of the molecule is CN(C)c1ncc(CNCC(=O)OC(C)(C)C)n1C. The number of anilines is 1. The van der Waals surface area contributed by atoms with Crippen molar-refractivity contribution in [3.8, 4) is 0 Å². The van der Waals surface area contributed by atoms with Crippen LogP contribution in [0.4, 0.5) is 5.95 Å². The number of nitrogens with zero attached hydrogens (tertiary/aromatic N) is 3. The molecule has 0 bridgehead atoms. The van der Waals surface area contributed by atoms with Crippen LogP contribution in [-0.4, -0.2) is 41.8 Å². The zero-order valence-electron chi connectivity index (χ0n) is 12.6. The Labute approximate surface area is 114 Å². The lowest BCUT2D eigenvalue weighted by Crippen LogP contribution is -2.31. The van der Waals surface area contributed by atoms with Gasteiger partial charge in [-0.2, -0.15) is 0 Å². The summed E-state index contributed by atoms with van der Waals surface area (Å²) in [5, 5.41) is 3.06. The highest BCUT2D eigenvalue weighted by Gasteiger charge is 2.16. The Morgan fingerprint density at radius 2 is 2.11 bits per heavy atom. The van der Waals surface area contributed by atoms with E-state index in [1.165, 1.54) is 0 Å². The van der Waals surface area contributed by atoms with Gasteiger partial charge in [0.25, 0.3) is 0 Å². The Balaban J connectivity index is 2.44. The van der Waals surface area contributed by atoms with Gasteiger partial charge >= 0.3 is 5.97 Å². The number of hydrogen-bond acceptors (Lipinski definition) is 5. The van der Waals surface area contributed by atoms with Crippen molar-refractivity contribution >= 4 is 11.9 Å². The van der Waals surface area contributed by atoms with Crippen molar-refractivity contribution in [2.45, 2.75) is 32.9 Å². The fourth-order valence-corrected chi connectivity index (χ4v) is 1.68. The maximum atomic E-state index is 11.5. The quantitative estimate of drug-likeness (QED) is 0.805. The standard InChI is InChI=1S/C13H24N4O2/c1-13(2,3)19-11(18)9-14-7-10-8-15-12(16(4)5)17(10)6/h8,14H,7,9H2,1-6H3. The molecular formula is C13H24N4O2. The summed E-state index contributed by atoms with van der Waals surface area (Å²) in [6.45, 7) is 6.34. The molecule has 108 valence electrons. The van der Waals surface area contributed by atoms with Crippen LogP contribution < -0.4 is 10.2 Å². The third-order valence-electron chi connectivity index (χ3n) is 2.46. The predicted octanol–water partition coefficient (Wildman–Crippen LogP) is 0.917. The lowest BCUT2D eigenvalue weighted by atomic mass is 10.2. The minimum Gasteiger partial charge on any atom is -0.459 e. The molecule has 1 heterocycles. The van der Waals surface area contributed by atoms with Crippen molar-refractivity contribution in [2.75, 3.05) is 25.5 Å². The maximum absolute atomic E-state index is 11.5. The fourth-order valence-electron chi connectivity index (χ4n) is 1.68. The van der Waals surface area contributed by atoms with Crippen LogP contribution in [0.1, 0.15) is 26.5 Å². The van der Waals surface area contributed by atoms with E-state index in [1.54, 1.807) is 6.20 Å². The highest BCUT2D eigenvalue weighted by Crippen LogP contribution is 2.10. The van der Waals surface area contributed by atoms with Crippen LogP contribution in [0, 0.1) is 0 Å². The van der Waals surface area contributed by atoms with Crippen LogP contribution >= 0.6 is 0 Å². The molecule has 0 radical (unpaired) electrons. The van der Waals surface area contributed by atoms with Gasteiger partial charge in [0.2, 0.25) is 5.95 Å². The number of rotatable bonds is 5. The van der Waals surface area contributed by atoms with E-state index < -0.39 is 5.60 Å². The van der Waals surface area contributed by atoms with Gasteiger partial charge in [-0.1, -0.05) is 0 Å². The molecule has 0 aliphatic carbocycles. The van der Waals surface area contributed by atoms with E-state index in [9.17, 15) is 4.79 Å². The first kappa shape index (κ1) is 15.5. The Kier molecular flexibility index (Phi) is 4.94. The Morgan fingerprint density at radius 1 is 1.47 bits per heavy atom. The van der Waals surface area contributed by atoms with Crippen molar-refractivity contribution in [1.29, 1.82) is 0 Å². The van der Waals surface area contributed by atoms with Crippen molar-refractivity contribution in [1.82, 2.24) is 14.9 Å². The molecule has 0 aliphatic heterocycles. The fraction of sp³-hybridized carbons (Fsp3) is 0.692. The van der Waals surface area contributed by atoms with Gasteiger partial charge in [0.15, 0.2) is 0 Å². The van der Waals surface area contributed by atoms with E-state index in [2.05, 4.69) is 10.3 Å². The van der Waals surface area contributed by atoms with Gasteiger partial charge < -0.3 is 19.5 Å². The smallest absolute Gasteiger partial charge is 0.320 e. The van der Waals surface area contributed by atoms with Gasteiger partial charge in [0, 0.05) is 27.7 Å². The minimum atomic E-state index is -0.441. The summed E-state index contributed by atoms with van der Waals surface area (Å²) in [6, 6.07) is 0. The molecule has 0 aliphatic rings. The monoisotopic (exact) mass is 268 g/mol. The lowest BCUT2D eigenvalue weighted by Gasteiger charge is -2.19. The average Bonchev–Trinajstić information content (AvgIpc) is 2.57. The van der Waals surface area contributed by atoms with Gasteiger partial charge in [-0.15, -0.1) is 0 Å². The number of carbonyl (C=O) groups is 1. The highest BCUT2D eigenvalue weighted by atomic mass is 16.6. The first-order valence-electron chi connectivity index (χ1n) is 6.31. The van der Waals surface area contributed by atoms with E-state index in [0.29, 0.717) is 6.54 Å². The summed E-state index contributed by atoms with van der Waals surface area (Å²) in [4.78, 5) is 17.8. The molecule has 0 fully saturated rings. The number of aromatic nitrogens is 2. The van der Waals surface area contributed by atoms with Crippen LogP contribution in [0.15, 0.2) is 6.20 Å². The molecule has 19 heavy (non-hydrogen) atoms. The van der Waals surface area contributed by atoms with Crippen molar-refractivity contribution in [3.63, 3.8) is 0 Å². The number of esters is 1. The average molecular weight is 268 g/mol. The van der Waals surface area contributed by atoms with Crippen molar-refractivity contribution in [3.05, 3.63) is 11.9 Å². The molecule has 0 unspecified atom stereocenters. The first-order valence-corrected chi connectivity index (χ1v) is 6.31. The number of hydrogen-bond donors (Lipinski definition) is 1. The Morgan fingerprint density at radius 3 is 2.58 bits per heavy atom. The molecule has 1 aromatic heterocycles. The van der Waals surface area contributed by atoms with Crippen LogP contribution in [0.3, 0.4) is 0 Å². The van der Waals surface area contributed by atoms with Crippen molar-refractivity contribution < 1.29 is 9.53 Å². The van der Waals surface area contributed by atoms with Crippen LogP contribution in [0.2, 0.25) is 0 Å². The summed E-state index contributed by atoms with van der Waals surface area (Å²) < 4.78 is 7.21. The normalized spacial score (nSPS) is 11.5. The molecule has 0 saturated carbocycles. The molecule has 0 atom stereocenters. The zero-order valence-corrected chi connectivity index (χ0v) is 12.6. The first-order chi connectivity index (χ1) is 8.70. The topological polar surface area (TPSA) is 59.4 Å². The molecule has 6 nitrogen and oxygen atoms in total. The molecule has 1 N–H and O–H groups in total. The van der Waals surface area contributed by atoms with Crippen molar-refractivity contribution in [2.24, 2.45) is 7.05 Å². The van der Waals surface area contributed by atoms with Gasteiger partial charge in [-0.25, -0.2) is 4.98 Å². The third kappa shape index (κ3) is 4.90. The maximum Gasteiger partial charge on any atom is 0.320 e. The number of imidazole rings is 1. The lowest BCUT2D eigenvalue weighted by molar-refractivity contribution is -0.153. The van der Waals surface area contributed by atoms with E-state index in [-0.39, 0.29) is 12.5 Å². The van der Waals surface area contributed by atoms with E-state index in [1.807, 2.05) is 51.4 Å². The number of nitrogens with one attached hydrogen (secondary N) is 1. The van der Waals surface area contributed by atoms with E-state index in [4.69, 9.17) is 4.74 Å². The van der Waals surface area contributed by atoms with Gasteiger partial charge in [0.1, 0.15) is 5.60 Å². The molecule has 1 aromatic rings. The summed E-state index contributed by atoms with van der Waals surface area (Å²) in [5.74, 6) is 0.636. The Hall–Kier alpha value is -1.56. The van der Waals surface area contributed by atoms with Crippen LogP contribution in [-0.2, 0) is 23.1 Å². The molecule has 0 aromatic carbocycles. The van der Waals surface area contributed by atoms with E-state index in [0.717, 1.165) is 11.6 Å². The predicted molar refractivity (Wildman–Crippen MR) is 75.1 cm³/mol. The number of carbonyl (C=O) groups excluding carboxylic acids is 1.